The Bertz CT molecular complexity index is 575. The van der Waals surface area contributed by atoms with Gasteiger partial charge in [-0.1, -0.05) is 36.2 Å². The highest BCUT2D eigenvalue weighted by Gasteiger charge is 2.33. The molecule has 0 spiro atoms. The average Bonchev–Trinajstić information content (AvgIpc) is 2.63. The van der Waals surface area contributed by atoms with Crippen LogP contribution in [0.4, 0.5) is 0 Å². The molecule has 1 aliphatic heterocycles. The van der Waals surface area contributed by atoms with Crippen LogP contribution in [-0.4, -0.2) is 28.8 Å². The predicted octanol–water partition coefficient (Wildman–Crippen LogP) is 3.35. The molecular formula is C19H28N2O2. The van der Waals surface area contributed by atoms with Crippen molar-refractivity contribution in [2.45, 2.75) is 65.0 Å². The Kier molecular flexibility index (Phi) is 5.45. The topological polar surface area (TPSA) is 49.4 Å². The molecule has 0 aliphatic carbocycles. The quantitative estimate of drug-likeness (QED) is 0.929. The van der Waals surface area contributed by atoms with Gasteiger partial charge in [0, 0.05) is 18.5 Å². The van der Waals surface area contributed by atoms with Crippen LogP contribution in [0.2, 0.25) is 0 Å². The fourth-order valence-electron chi connectivity index (χ4n) is 3.03. The minimum Gasteiger partial charge on any atom is -0.349 e. The summed E-state index contributed by atoms with van der Waals surface area (Å²) in [6, 6.07) is 7.36. The molecule has 1 fully saturated rings. The van der Waals surface area contributed by atoms with Crippen LogP contribution in [-0.2, 0) is 9.59 Å². The van der Waals surface area contributed by atoms with Crippen LogP contribution in [0.1, 0.15) is 63.6 Å². The zero-order valence-electron chi connectivity index (χ0n) is 14.7. The molecule has 1 aliphatic rings. The number of carbonyl (C=O) groups is 2. The van der Waals surface area contributed by atoms with E-state index < -0.39 is 6.04 Å². The molecular weight excluding hydrogens is 288 g/mol. The highest BCUT2D eigenvalue weighted by Crippen LogP contribution is 2.26. The van der Waals surface area contributed by atoms with Gasteiger partial charge in [0.2, 0.25) is 11.8 Å². The summed E-state index contributed by atoms with van der Waals surface area (Å²) in [5, 5.41) is 3.04. The van der Waals surface area contributed by atoms with Crippen LogP contribution < -0.4 is 5.32 Å². The zero-order chi connectivity index (χ0) is 17.0. The second kappa shape index (κ2) is 7.16. The minimum absolute atomic E-state index is 0.0815. The van der Waals surface area contributed by atoms with Crippen LogP contribution in [0.3, 0.4) is 0 Å². The molecule has 0 radical (unpaired) electrons. The smallest absolute Gasteiger partial charge is 0.247 e. The second-order valence-electron chi connectivity index (χ2n) is 7.45. The first-order chi connectivity index (χ1) is 10.8. The Morgan fingerprint density at radius 3 is 2.61 bits per heavy atom. The van der Waals surface area contributed by atoms with E-state index >= 15 is 0 Å². The first kappa shape index (κ1) is 17.5. The number of benzene rings is 1. The molecule has 1 heterocycles. The molecule has 1 atom stereocenters. The third-order valence-electron chi connectivity index (χ3n) is 4.03. The number of aryl methyl sites for hydroxylation is 1. The molecule has 126 valence electrons. The van der Waals surface area contributed by atoms with Crippen molar-refractivity contribution >= 4 is 11.8 Å². The highest BCUT2D eigenvalue weighted by molar-refractivity contribution is 5.89. The van der Waals surface area contributed by atoms with Crippen LogP contribution >= 0.6 is 0 Å². The van der Waals surface area contributed by atoms with E-state index in [9.17, 15) is 9.59 Å². The van der Waals surface area contributed by atoms with Gasteiger partial charge in [-0.05, 0) is 46.1 Å². The van der Waals surface area contributed by atoms with Crippen LogP contribution in [0, 0.1) is 6.92 Å². The van der Waals surface area contributed by atoms with Gasteiger partial charge in [-0.25, -0.2) is 0 Å². The lowest BCUT2D eigenvalue weighted by atomic mass is 10.00. The fourth-order valence-corrected chi connectivity index (χ4v) is 3.03. The first-order valence-electron chi connectivity index (χ1n) is 8.46. The van der Waals surface area contributed by atoms with E-state index in [0.717, 1.165) is 30.4 Å². The van der Waals surface area contributed by atoms with Crippen molar-refractivity contribution in [2.75, 3.05) is 6.54 Å². The monoisotopic (exact) mass is 316 g/mol. The third kappa shape index (κ3) is 4.81. The Morgan fingerprint density at radius 2 is 1.96 bits per heavy atom. The van der Waals surface area contributed by atoms with E-state index in [0.29, 0.717) is 13.0 Å². The van der Waals surface area contributed by atoms with Gasteiger partial charge in [-0.3, -0.25) is 9.59 Å². The summed E-state index contributed by atoms with van der Waals surface area (Å²) < 4.78 is 0. The molecule has 1 aromatic rings. The van der Waals surface area contributed by atoms with Gasteiger partial charge in [0.1, 0.15) is 6.04 Å². The molecule has 4 heteroatoms. The number of amides is 2. The van der Waals surface area contributed by atoms with Crippen molar-refractivity contribution in [1.82, 2.24) is 10.2 Å². The van der Waals surface area contributed by atoms with Gasteiger partial charge in [0.15, 0.2) is 0 Å². The Morgan fingerprint density at radius 1 is 1.22 bits per heavy atom. The lowest BCUT2D eigenvalue weighted by molar-refractivity contribution is -0.141. The summed E-state index contributed by atoms with van der Waals surface area (Å²) in [6.45, 7) is 8.54. The SMILES string of the molecule is Cc1cccc(C(C(=O)NC(C)(C)C)N2CCCCCC2=O)c1. The van der Waals surface area contributed by atoms with Crippen molar-refractivity contribution in [3.63, 3.8) is 0 Å². The van der Waals surface area contributed by atoms with Gasteiger partial charge in [0.25, 0.3) is 0 Å². The van der Waals surface area contributed by atoms with Crippen molar-refractivity contribution in [1.29, 1.82) is 0 Å². The molecule has 1 unspecified atom stereocenters. The number of hydrogen-bond acceptors (Lipinski definition) is 2. The molecule has 0 aromatic heterocycles. The highest BCUT2D eigenvalue weighted by atomic mass is 16.2. The van der Waals surface area contributed by atoms with Crippen LogP contribution in [0.25, 0.3) is 0 Å². The van der Waals surface area contributed by atoms with Crippen molar-refractivity contribution < 1.29 is 9.59 Å². The summed E-state index contributed by atoms with van der Waals surface area (Å²) in [7, 11) is 0. The van der Waals surface area contributed by atoms with Gasteiger partial charge in [-0.2, -0.15) is 0 Å². The standard InChI is InChI=1S/C19H28N2O2/c1-14-9-8-10-15(13-14)17(18(23)20-19(2,3)4)21-12-7-5-6-11-16(21)22/h8-10,13,17H,5-7,11-12H2,1-4H3,(H,20,23). The number of carbonyl (C=O) groups excluding carboxylic acids is 2. The molecule has 2 amide bonds. The summed E-state index contributed by atoms with van der Waals surface area (Å²) >= 11 is 0. The Labute approximate surface area is 139 Å². The zero-order valence-corrected chi connectivity index (χ0v) is 14.7. The lowest BCUT2D eigenvalue weighted by Gasteiger charge is -2.33. The Balaban J connectivity index is 2.37. The summed E-state index contributed by atoms with van der Waals surface area (Å²) in [6.07, 6.45) is 3.45. The maximum absolute atomic E-state index is 12.9. The number of likely N-dealkylation sites (tertiary alicyclic amines) is 1. The van der Waals surface area contributed by atoms with E-state index in [1.54, 1.807) is 4.90 Å². The summed E-state index contributed by atoms with van der Waals surface area (Å²) in [4.78, 5) is 27.2. The minimum atomic E-state index is -0.542. The van der Waals surface area contributed by atoms with Gasteiger partial charge in [-0.15, -0.1) is 0 Å². The van der Waals surface area contributed by atoms with E-state index in [-0.39, 0.29) is 17.4 Å². The van der Waals surface area contributed by atoms with Crippen molar-refractivity contribution in [3.05, 3.63) is 35.4 Å². The molecule has 23 heavy (non-hydrogen) atoms. The van der Waals surface area contributed by atoms with Crippen LogP contribution in [0.5, 0.6) is 0 Å². The molecule has 4 nitrogen and oxygen atoms in total. The van der Waals surface area contributed by atoms with Gasteiger partial charge < -0.3 is 10.2 Å². The van der Waals surface area contributed by atoms with Gasteiger partial charge in [0.05, 0.1) is 0 Å². The predicted molar refractivity (Wildman–Crippen MR) is 92.0 cm³/mol. The molecule has 2 rings (SSSR count). The van der Waals surface area contributed by atoms with E-state index in [2.05, 4.69) is 5.32 Å². The average molecular weight is 316 g/mol. The Hall–Kier alpha value is -1.84. The third-order valence-corrected chi connectivity index (χ3v) is 4.03. The van der Waals surface area contributed by atoms with E-state index in [4.69, 9.17) is 0 Å². The normalized spacial score (nSPS) is 17.6. The molecule has 1 N–H and O–H groups in total. The van der Waals surface area contributed by atoms with Crippen molar-refractivity contribution in [3.8, 4) is 0 Å². The number of nitrogens with one attached hydrogen (secondary N) is 1. The molecule has 0 bridgehead atoms. The molecule has 0 saturated carbocycles. The first-order valence-corrected chi connectivity index (χ1v) is 8.46. The van der Waals surface area contributed by atoms with Crippen molar-refractivity contribution in [2.24, 2.45) is 0 Å². The summed E-state index contributed by atoms with van der Waals surface area (Å²) in [5.74, 6) is -0.0172. The second-order valence-corrected chi connectivity index (χ2v) is 7.45. The number of rotatable bonds is 3. The number of hydrogen-bond donors (Lipinski definition) is 1. The molecule has 1 aromatic carbocycles. The van der Waals surface area contributed by atoms with Gasteiger partial charge >= 0.3 is 0 Å². The van der Waals surface area contributed by atoms with E-state index in [1.807, 2.05) is 52.0 Å². The molecule has 1 saturated heterocycles. The summed E-state index contributed by atoms with van der Waals surface area (Å²) in [5.41, 5.74) is 1.66. The maximum Gasteiger partial charge on any atom is 0.247 e. The van der Waals surface area contributed by atoms with Crippen LogP contribution in [0.15, 0.2) is 24.3 Å². The lowest BCUT2D eigenvalue weighted by Crippen LogP contribution is -2.49. The fraction of sp³-hybridized carbons (Fsp3) is 0.579. The van der Waals surface area contributed by atoms with E-state index in [1.165, 1.54) is 0 Å². The maximum atomic E-state index is 12.9. The number of nitrogens with zero attached hydrogens (tertiary/aromatic N) is 1. The largest absolute Gasteiger partial charge is 0.349 e.